The number of rotatable bonds is 5. The predicted octanol–water partition coefficient (Wildman–Crippen LogP) is 2.05. The average molecular weight is 301 g/mol. The molecule has 0 radical (unpaired) electrons. The SMILES string of the molecule is O=C(OC[C@H]1CCCCO1)c1ccccc1Cn1cncn1. The molecule has 1 aliphatic rings. The molecule has 1 saturated heterocycles. The van der Waals surface area contributed by atoms with Gasteiger partial charge in [-0.2, -0.15) is 5.10 Å². The Kier molecular flexibility index (Phi) is 4.80. The third-order valence-corrected chi connectivity index (χ3v) is 3.71. The van der Waals surface area contributed by atoms with Gasteiger partial charge in [0.25, 0.3) is 0 Å². The van der Waals surface area contributed by atoms with Gasteiger partial charge in [0, 0.05) is 6.61 Å². The monoisotopic (exact) mass is 301 g/mol. The number of carbonyl (C=O) groups excluding carboxylic acids is 1. The van der Waals surface area contributed by atoms with Gasteiger partial charge >= 0.3 is 5.97 Å². The first-order valence-electron chi connectivity index (χ1n) is 7.52. The van der Waals surface area contributed by atoms with Crippen molar-refractivity contribution in [1.29, 1.82) is 0 Å². The Labute approximate surface area is 129 Å². The van der Waals surface area contributed by atoms with E-state index < -0.39 is 0 Å². The molecule has 22 heavy (non-hydrogen) atoms. The van der Waals surface area contributed by atoms with Crippen LogP contribution in [0.5, 0.6) is 0 Å². The Hall–Kier alpha value is -2.21. The molecule has 0 unspecified atom stereocenters. The molecule has 1 fully saturated rings. The van der Waals surface area contributed by atoms with Crippen LogP contribution in [0, 0.1) is 0 Å². The van der Waals surface area contributed by atoms with E-state index in [1.54, 1.807) is 17.1 Å². The smallest absolute Gasteiger partial charge is 0.338 e. The van der Waals surface area contributed by atoms with Crippen LogP contribution in [0.1, 0.15) is 35.2 Å². The van der Waals surface area contributed by atoms with Crippen LogP contribution in [-0.4, -0.2) is 40.1 Å². The van der Waals surface area contributed by atoms with Crippen molar-refractivity contribution in [3.63, 3.8) is 0 Å². The van der Waals surface area contributed by atoms with Gasteiger partial charge in [0.2, 0.25) is 0 Å². The van der Waals surface area contributed by atoms with Crippen LogP contribution in [0.3, 0.4) is 0 Å². The summed E-state index contributed by atoms with van der Waals surface area (Å²) in [4.78, 5) is 16.2. The molecule has 0 spiro atoms. The molecule has 1 atom stereocenters. The minimum Gasteiger partial charge on any atom is -0.459 e. The summed E-state index contributed by atoms with van der Waals surface area (Å²) in [5.74, 6) is -0.315. The van der Waals surface area contributed by atoms with Crippen molar-refractivity contribution in [2.75, 3.05) is 13.2 Å². The molecule has 3 rings (SSSR count). The zero-order valence-electron chi connectivity index (χ0n) is 12.4. The number of ether oxygens (including phenoxy) is 2. The van der Waals surface area contributed by atoms with E-state index in [9.17, 15) is 4.79 Å². The van der Waals surface area contributed by atoms with Crippen LogP contribution in [0.2, 0.25) is 0 Å². The first kappa shape index (κ1) is 14.7. The molecular formula is C16H19N3O3. The highest BCUT2D eigenvalue weighted by molar-refractivity contribution is 5.91. The molecule has 2 aromatic rings. The van der Waals surface area contributed by atoms with Gasteiger partial charge in [-0.1, -0.05) is 18.2 Å². The summed E-state index contributed by atoms with van der Waals surface area (Å²) in [6, 6.07) is 7.40. The van der Waals surface area contributed by atoms with Crippen LogP contribution < -0.4 is 0 Å². The molecule has 116 valence electrons. The van der Waals surface area contributed by atoms with Crippen molar-refractivity contribution in [3.05, 3.63) is 48.0 Å². The Morgan fingerprint density at radius 3 is 3.05 bits per heavy atom. The van der Waals surface area contributed by atoms with Gasteiger partial charge in [-0.05, 0) is 30.9 Å². The van der Waals surface area contributed by atoms with Gasteiger partial charge in [-0.25, -0.2) is 14.5 Å². The molecule has 0 saturated carbocycles. The Morgan fingerprint density at radius 2 is 2.27 bits per heavy atom. The lowest BCUT2D eigenvalue weighted by Gasteiger charge is -2.22. The van der Waals surface area contributed by atoms with Gasteiger partial charge in [0.15, 0.2) is 0 Å². The largest absolute Gasteiger partial charge is 0.459 e. The zero-order valence-corrected chi connectivity index (χ0v) is 12.4. The highest BCUT2D eigenvalue weighted by atomic mass is 16.6. The lowest BCUT2D eigenvalue weighted by atomic mass is 10.1. The van der Waals surface area contributed by atoms with Gasteiger partial charge in [0.05, 0.1) is 18.2 Å². The summed E-state index contributed by atoms with van der Waals surface area (Å²) in [5.41, 5.74) is 1.43. The van der Waals surface area contributed by atoms with E-state index in [0.717, 1.165) is 31.4 Å². The van der Waals surface area contributed by atoms with E-state index in [4.69, 9.17) is 9.47 Å². The summed E-state index contributed by atoms with van der Waals surface area (Å²) in [7, 11) is 0. The second-order valence-electron chi connectivity index (χ2n) is 5.34. The van der Waals surface area contributed by atoms with E-state index in [1.165, 1.54) is 6.33 Å². The molecule has 0 amide bonds. The number of hydrogen-bond acceptors (Lipinski definition) is 5. The topological polar surface area (TPSA) is 66.2 Å². The summed E-state index contributed by atoms with van der Waals surface area (Å²) >= 11 is 0. The minimum absolute atomic E-state index is 0.0279. The van der Waals surface area contributed by atoms with Crippen molar-refractivity contribution < 1.29 is 14.3 Å². The van der Waals surface area contributed by atoms with Crippen LogP contribution in [-0.2, 0) is 16.0 Å². The predicted molar refractivity (Wildman–Crippen MR) is 79.4 cm³/mol. The standard InChI is InChI=1S/C16H19N3O3/c20-16(22-10-14-6-3-4-8-21-14)15-7-2-1-5-13(15)9-19-12-17-11-18-19/h1-2,5,7,11-12,14H,3-4,6,8-10H2/t14-/m1/s1. The summed E-state index contributed by atoms with van der Waals surface area (Å²) in [6.45, 7) is 1.56. The van der Waals surface area contributed by atoms with Crippen LogP contribution in [0.15, 0.2) is 36.9 Å². The number of aromatic nitrogens is 3. The summed E-state index contributed by atoms with van der Waals surface area (Å²) in [5, 5.41) is 4.06. The number of hydrogen-bond donors (Lipinski definition) is 0. The third-order valence-electron chi connectivity index (χ3n) is 3.71. The Balaban J connectivity index is 1.64. The zero-order chi connectivity index (χ0) is 15.2. The number of benzene rings is 1. The second-order valence-corrected chi connectivity index (χ2v) is 5.34. The van der Waals surface area contributed by atoms with Crippen LogP contribution >= 0.6 is 0 Å². The molecule has 0 bridgehead atoms. The molecule has 0 N–H and O–H groups in total. The van der Waals surface area contributed by atoms with Crippen molar-refractivity contribution in [2.24, 2.45) is 0 Å². The first-order valence-corrected chi connectivity index (χ1v) is 7.52. The third kappa shape index (κ3) is 3.71. The minimum atomic E-state index is -0.315. The van der Waals surface area contributed by atoms with Crippen molar-refractivity contribution in [3.8, 4) is 0 Å². The van der Waals surface area contributed by atoms with Crippen LogP contribution in [0.4, 0.5) is 0 Å². The molecule has 1 aliphatic heterocycles. The van der Waals surface area contributed by atoms with Crippen molar-refractivity contribution in [2.45, 2.75) is 31.9 Å². The van der Waals surface area contributed by atoms with Crippen LogP contribution in [0.25, 0.3) is 0 Å². The Bertz CT molecular complexity index is 607. The first-order chi connectivity index (χ1) is 10.8. The Morgan fingerprint density at radius 1 is 1.36 bits per heavy atom. The van der Waals surface area contributed by atoms with Crippen molar-refractivity contribution in [1.82, 2.24) is 14.8 Å². The fourth-order valence-electron chi connectivity index (χ4n) is 2.53. The molecule has 6 nitrogen and oxygen atoms in total. The lowest BCUT2D eigenvalue weighted by molar-refractivity contribution is -0.0300. The van der Waals surface area contributed by atoms with Gasteiger partial charge in [-0.3, -0.25) is 0 Å². The van der Waals surface area contributed by atoms with Crippen molar-refractivity contribution >= 4 is 5.97 Å². The fourth-order valence-corrected chi connectivity index (χ4v) is 2.53. The molecule has 1 aromatic carbocycles. The maximum absolute atomic E-state index is 12.3. The molecule has 2 heterocycles. The highest BCUT2D eigenvalue weighted by Gasteiger charge is 2.18. The maximum atomic E-state index is 12.3. The quantitative estimate of drug-likeness (QED) is 0.791. The van der Waals surface area contributed by atoms with Gasteiger partial charge < -0.3 is 9.47 Å². The van der Waals surface area contributed by atoms with Gasteiger partial charge in [-0.15, -0.1) is 0 Å². The van der Waals surface area contributed by atoms with E-state index >= 15 is 0 Å². The molecule has 1 aromatic heterocycles. The normalized spacial score (nSPS) is 18.1. The maximum Gasteiger partial charge on any atom is 0.338 e. The molecular weight excluding hydrogens is 282 g/mol. The number of carbonyl (C=O) groups is 1. The van der Waals surface area contributed by atoms with E-state index in [2.05, 4.69) is 10.1 Å². The number of esters is 1. The highest BCUT2D eigenvalue weighted by Crippen LogP contribution is 2.15. The van der Waals surface area contributed by atoms with Gasteiger partial charge in [0.1, 0.15) is 19.3 Å². The fraction of sp³-hybridized carbons (Fsp3) is 0.438. The lowest BCUT2D eigenvalue weighted by Crippen LogP contribution is -2.26. The average Bonchev–Trinajstić information content (AvgIpc) is 3.07. The molecule has 0 aliphatic carbocycles. The van der Waals surface area contributed by atoms with E-state index in [0.29, 0.717) is 18.7 Å². The van der Waals surface area contributed by atoms with E-state index in [1.807, 2.05) is 18.2 Å². The molecule has 6 heteroatoms. The summed E-state index contributed by atoms with van der Waals surface area (Å²) < 4.78 is 12.7. The second kappa shape index (κ2) is 7.17. The van der Waals surface area contributed by atoms with E-state index in [-0.39, 0.29) is 12.1 Å². The summed E-state index contributed by atoms with van der Waals surface area (Å²) in [6.07, 6.45) is 6.30. The number of nitrogens with zero attached hydrogens (tertiary/aromatic N) is 3.